The van der Waals surface area contributed by atoms with Gasteiger partial charge in [0.05, 0.1) is 5.69 Å². The Labute approximate surface area is 182 Å². The Morgan fingerprint density at radius 2 is 1.93 bits per heavy atom. The van der Waals surface area contributed by atoms with E-state index in [0.29, 0.717) is 6.04 Å². The topological polar surface area (TPSA) is 57.5 Å². The van der Waals surface area contributed by atoms with Crippen molar-refractivity contribution in [2.24, 2.45) is 18.0 Å². The third-order valence-corrected chi connectivity index (χ3v) is 5.54. The van der Waals surface area contributed by atoms with Gasteiger partial charge in [-0.1, -0.05) is 0 Å². The van der Waals surface area contributed by atoms with Crippen molar-refractivity contribution in [3.63, 3.8) is 0 Å². The first-order valence-electron chi connectivity index (χ1n) is 10.1. The number of rotatable bonds is 7. The highest BCUT2D eigenvalue weighted by Crippen LogP contribution is 2.19. The fraction of sp³-hybridized carbons (Fsp3) is 0.800. The van der Waals surface area contributed by atoms with Crippen LogP contribution in [0.15, 0.2) is 4.99 Å². The molecule has 1 aromatic heterocycles. The van der Waals surface area contributed by atoms with Crippen LogP contribution in [0.4, 0.5) is 0 Å². The first kappa shape index (κ1) is 24.2. The summed E-state index contributed by atoms with van der Waals surface area (Å²) in [7, 11) is 4.23. The summed E-state index contributed by atoms with van der Waals surface area (Å²) in [5, 5.41) is 11.5. The lowest BCUT2D eigenvalue weighted by molar-refractivity contribution is 0.214. The van der Waals surface area contributed by atoms with Crippen LogP contribution in [0.5, 0.6) is 0 Å². The molecular formula is C20H39IN6. The van der Waals surface area contributed by atoms with Crippen LogP contribution in [0, 0.1) is 19.8 Å². The van der Waals surface area contributed by atoms with Crippen molar-refractivity contribution in [1.82, 2.24) is 25.3 Å². The van der Waals surface area contributed by atoms with E-state index in [1.54, 1.807) is 0 Å². The molecule has 1 aliphatic rings. The number of nitrogens with one attached hydrogen (secondary N) is 2. The summed E-state index contributed by atoms with van der Waals surface area (Å²) in [6.45, 7) is 12.8. The first-order valence-corrected chi connectivity index (χ1v) is 10.1. The number of hydrogen-bond donors (Lipinski definition) is 2. The second-order valence-electron chi connectivity index (χ2n) is 7.82. The van der Waals surface area contributed by atoms with Crippen LogP contribution in [0.3, 0.4) is 0 Å². The number of aromatic nitrogens is 2. The molecule has 7 heteroatoms. The Morgan fingerprint density at radius 3 is 2.48 bits per heavy atom. The van der Waals surface area contributed by atoms with Crippen molar-refractivity contribution in [3.05, 3.63) is 17.0 Å². The van der Waals surface area contributed by atoms with Crippen LogP contribution in [0.2, 0.25) is 0 Å². The van der Waals surface area contributed by atoms with Gasteiger partial charge in [0.15, 0.2) is 5.96 Å². The third-order valence-electron chi connectivity index (χ3n) is 5.54. The lowest BCUT2D eigenvalue weighted by Gasteiger charge is -2.28. The van der Waals surface area contributed by atoms with E-state index in [-0.39, 0.29) is 24.0 Å². The second-order valence-corrected chi connectivity index (χ2v) is 7.82. The van der Waals surface area contributed by atoms with Gasteiger partial charge >= 0.3 is 0 Å². The second kappa shape index (κ2) is 11.9. The molecule has 6 nitrogen and oxygen atoms in total. The summed E-state index contributed by atoms with van der Waals surface area (Å²) in [4.78, 5) is 7.24. The molecule has 0 saturated carbocycles. The molecule has 1 aliphatic heterocycles. The molecular weight excluding hydrogens is 451 g/mol. The van der Waals surface area contributed by atoms with Gasteiger partial charge in [-0.15, -0.1) is 24.0 Å². The average Bonchev–Trinajstić information content (AvgIpc) is 2.83. The highest BCUT2D eigenvalue weighted by molar-refractivity contribution is 14.0. The van der Waals surface area contributed by atoms with Gasteiger partial charge in [-0.3, -0.25) is 9.67 Å². The summed E-state index contributed by atoms with van der Waals surface area (Å²) < 4.78 is 1.97. The Balaban J connectivity index is 0.00000364. The van der Waals surface area contributed by atoms with Crippen molar-refractivity contribution >= 4 is 29.9 Å². The molecule has 1 saturated heterocycles. The van der Waals surface area contributed by atoms with Crippen molar-refractivity contribution < 1.29 is 0 Å². The van der Waals surface area contributed by atoms with E-state index in [9.17, 15) is 0 Å². The largest absolute Gasteiger partial charge is 0.357 e. The van der Waals surface area contributed by atoms with Gasteiger partial charge < -0.3 is 15.5 Å². The highest BCUT2D eigenvalue weighted by Gasteiger charge is 2.17. The van der Waals surface area contributed by atoms with Crippen molar-refractivity contribution in [2.75, 3.05) is 33.2 Å². The SMILES string of the molecule is CCNC(=NCCC1CCN(C)CC1)NC(C)Cc1c(C)nn(C)c1C.I. The number of likely N-dealkylation sites (tertiary alicyclic amines) is 1. The Bertz CT molecular complexity index is 590. The average molecular weight is 490 g/mol. The van der Waals surface area contributed by atoms with Crippen LogP contribution < -0.4 is 10.6 Å². The van der Waals surface area contributed by atoms with Crippen molar-refractivity contribution in [1.29, 1.82) is 0 Å². The molecule has 1 atom stereocenters. The summed E-state index contributed by atoms with van der Waals surface area (Å²) in [5.41, 5.74) is 3.72. The van der Waals surface area contributed by atoms with Crippen LogP contribution in [-0.2, 0) is 13.5 Å². The van der Waals surface area contributed by atoms with Gasteiger partial charge in [0.25, 0.3) is 0 Å². The van der Waals surface area contributed by atoms with Crippen LogP contribution in [0.1, 0.15) is 50.1 Å². The number of nitrogens with zero attached hydrogens (tertiary/aromatic N) is 4. The molecule has 2 rings (SSSR count). The Hall–Kier alpha value is -0.830. The molecule has 1 aromatic rings. The summed E-state index contributed by atoms with van der Waals surface area (Å²) >= 11 is 0. The molecule has 1 unspecified atom stereocenters. The van der Waals surface area contributed by atoms with Gasteiger partial charge in [-0.25, -0.2) is 0 Å². The van der Waals surface area contributed by atoms with Crippen LogP contribution in [-0.4, -0.2) is 59.9 Å². The van der Waals surface area contributed by atoms with E-state index >= 15 is 0 Å². The Morgan fingerprint density at radius 1 is 1.26 bits per heavy atom. The predicted octanol–water partition coefficient (Wildman–Crippen LogP) is 2.87. The Kier molecular flexibility index (Phi) is 10.7. The molecule has 0 bridgehead atoms. The van der Waals surface area contributed by atoms with Crippen molar-refractivity contribution in [3.8, 4) is 0 Å². The van der Waals surface area contributed by atoms with E-state index in [1.807, 2.05) is 11.7 Å². The summed E-state index contributed by atoms with van der Waals surface area (Å²) in [6.07, 6.45) is 4.78. The maximum Gasteiger partial charge on any atom is 0.191 e. The van der Waals surface area contributed by atoms with Crippen LogP contribution in [0.25, 0.3) is 0 Å². The van der Waals surface area contributed by atoms with E-state index in [2.05, 4.69) is 55.4 Å². The quantitative estimate of drug-likeness (QED) is 0.351. The summed E-state index contributed by atoms with van der Waals surface area (Å²) in [5.74, 6) is 1.77. The smallest absolute Gasteiger partial charge is 0.191 e. The zero-order chi connectivity index (χ0) is 19.1. The molecule has 2 heterocycles. The van der Waals surface area contributed by atoms with E-state index in [4.69, 9.17) is 4.99 Å². The lowest BCUT2D eigenvalue weighted by atomic mass is 9.94. The minimum atomic E-state index is 0. The third kappa shape index (κ3) is 7.60. The zero-order valence-corrected chi connectivity index (χ0v) is 20.3. The van der Waals surface area contributed by atoms with Gasteiger partial charge in [0, 0.05) is 31.9 Å². The predicted molar refractivity (Wildman–Crippen MR) is 125 cm³/mol. The zero-order valence-electron chi connectivity index (χ0n) is 18.0. The normalized spacial score (nSPS) is 17.5. The highest BCUT2D eigenvalue weighted by atomic mass is 127. The van der Waals surface area contributed by atoms with Gasteiger partial charge in [0.1, 0.15) is 0 Å². The number of piperidine rings is 1. The number of aliphatic imine (C=N–C) groups is 1. The number of guanidine groups is 1. The monoisotopic (exact) mass is 490 g/mol. The molecule has 1 fully saturated rings. The van der Waals surface area contributed by atoms with E-state index in [1.165, 1.54) is 43.6 Å². The first-order chi connectivity index (χ1) is 12.4. The molecule has 0 aromatic carbocycles. The van der Waals surface area contributed by atoms with Gasteiger partial charge in [-0.2, -0.15) is 5.10 Å². The van der Waals surface area contributed by atoms with E-state index in [0.717, 1.165) is 37.1 Å². The maximum absolute atomic E-state index is 4.82. The molecule has 156 valence electrons. The molecule has 2 N–H and O–H groups in total. The number of aryl methyl sites for hydroxylation is 2. The van der Waals surface area contributed by atoms with Crippen molar-refractivity contribution in [2.45, 2.75) is 59.4 Å². The fourth-order valence-corrected chi connectivity index (χ4v) is 3.73. The number of halogens is 1. The van der Waals surface area contributed by atoms with Crippen LogP contribution >= 0.6 is 24.0 Å². The fourth-order valence-electron chi connectivity index (χ4n) is 3.73. The molecule has 0 amide bonds. The van der Waals surface area contributed by atoms with E-state index < -0.39 is 0 Å². The van der Waals surface area contributed by atoms with Gasteiger partial charge in [-0.05, 0) is 85.0 Å². The maximum atomic E-state index is 4.82. The van der Waals surface area contributed by atoms with Gasteiger partial charge in [0.2, 0.25) is 0 Å². The minimum Gasteiger partial charge on any atom is -0.357 e. The standard InChI is InChI=1S/C20H38N6.HI/c1-7-21-20(22-11-8-18-9-12-25(5)13-10-18)23-15(2)14-19-16(3)24-26(6)17(19)4;/h15,18H,7-14H2,1-6H3,(H2,21,22,23);1H. The number of hydrogen-bond acceptors (Lipinski definition) is 3. The molecule has 0 aliphatic carbocycles. The lowest BCUT2D eigenvalue weighted by Crippen LogP contribution is -2.43. The molecule has 27 heavy (non-hydrogen) atoms. The molecule has 0 spiro atoms. The molecule has 0 radical (unpaired) electrons. The minimum absolute atomic E-state index is 0. The summed E-state index contributed by atoms with van der Waals surface area (Å²) in [6, 6.07) is 0.317.